The normalized spacial score (nSPS) is 10.2. The van der Waals surface area contributed by atoms with Crippen LogP contribution in [0.2, 0.25) is 5.02 Å². The first-order chi connectivity index (χ1) is 8.69. The smallest absolute Gasteiger partial charge is 0.142 e. The topological polar surface area (TPSA) is 21.3 Å². The maximum absolute atomic E-state index is 13.1. The predicted molar refractivity (Wildman–Crippen MR) is 71.7 cm³/mol. The van der Waals surface area contributed by atoms with E-state index >= 15 is 0 Å². The number of nitrogens with one attached hydrogen (secondary N) is 1. The average Bonchev–Trinajstić information content (AvgIpc) is 2.38. The highest BCUT2D eigenvalue weighted by atomic mass is 35.5. The summed E-state index contributed by atoms with van der Waals surface area (Å²) in [7, 11) is 1.56. The number of benzene rings is 2. The number of methoxy groups -OCH3 is 1. The van der Waals surface area contributed by atoms with Gasteiger partial charge in [0.1, 0.15) is 11.6 Å². The molecule has 4 heteroatoms. The van der Waals surface area contributed by atoms with Crippen molar-refractivity contribution in [1.82, 2.24) is 0 Å². The van der Waals surface area contributed by atoms with Gasteiger partial charge in [0.05, 0.1) is 12.8 Å². The Bertz CT molecular complexity index is 528. The van der Waals surface area contributed by atoms with Gasteiger partial charge >= 0.3 is 0 Å². The number of rotatable bonds is 4. The quantitative estimate of drug-likeness (QED) is 0.899. The van der Waals surface area contributed by atoms with Crippen LogP contribution in [0, 0.1) is 5.82 Å². The summed E-state index contributed by atoms with van der Waals surface area (Å²) < 4.78 is 18.3. The van der Waals surface area contributed by atoms with E-state index in [1.807, 2.05) is 24.3 Å². The minimum absolute atomic E-state index is 0.297. The van der Waals surface area contributed by atoms with Gasteiger partial charge in [-0.1, -0.05) is 23.7 Å². The van der Waals surface area contributed by atoms with Gasteiger partial charge in [0.15, 0.2) is 0 Å². The molecular weight excluding hydrogens is 253 g/mol. The summed E-state index contributed by atoms with van der Waals surface area (Å²) in [5.41, 5.74) is 1.69. The van der Waals surface area contributed by atoms with Crippen molar-refractivity contribution in [2.24, 2.45) is 0 Å². The molecule has 0 unspecified atom stereocenters. The van der Waals surface area contributed by atoms with Crippen molar-refractivity contribution in [1.29, 1.82) is 0 Å². The molecule has 18 heavy (non-hydrogen) atoms. The zero-order chi connectivity index (χ0) is 13.0. The molecule has 2 aromatic rings. The van der Waals surface area contributed by atoms with Crippen LogP contribution in [0.3, 0.4) is 0 Å². The van der Waals surface area contributed by atoms with Crippen LogP contribution in [0.1, 0.15) is 5.56 Å². The Morgan fingerprint density at radius 3 is 2.56 bits per heavy atom. The largest absolute Gasteiger partial charge is 0.495 e. The van der Waals surface area contributed by atoms with E-state index in [4.69, 9.17) is 16.3 Å². The van der Waals surface area contributed by atoms with Crippen LogP contribution in [0.4, 0.5) is 10.1 Å². The molecule has 2 nitrogen and oxygen atoms in total. The van der Waals surface area contributed by atoms with E-state index in [2.05, 4.69) is 5.32 Å². The third-order valence-corrected chi connectivity index (χ3v) is 2.81. The van der Waals surface area contributed by atoms with E-state index in [9.17, 15) is 4.39 Å². The van der Waals surface area contributed by atoms with Crippen LogP contribution in [0.25, 0.3) is 0 Å². The third-order valence-electron chi connectivity index (χ3n) is 2.56. The third kappa shape index (κ3) is 3.14. The molecule has 0 spiro atoms. The Hall–Kier alpha value is -1.74. The molecule has 2 aromatic carbocycles. The van der Waals surface area contributed by atoms with Crippen molar-refractivity contribution in [2.75, 3.05) is 12.4 Å². The molecule has 0 aromatic heterocycles. The van der Waals surface area contributed by atoms with Gasteiger partial charge < -0.3 is 10.1 Å². The molecule has 0 atom stereocenters. The average molecular weight is 266 g/mol. The molecule has 0 bridgehead atoms. The molecule has 0 fully saturated rings. The monoisotopic (exact) mass is 265 g/mol. The van der Waals surface area contributed by atoms with Crippen LogP contribution in [0.15, 0.2) is 42.5 Å². The summed E-state index contributed by atoms with van der Waals surface area (Å²) in [5.74, 6) is 0.319. The van der Waals surface area contributed by atoms with E-state index in [1.54, 1.807) is 13.2 Å². The molecule has 0 aliphatic rings. The van der Waals surface area contributed by atoms with Gasteiger partial charge in [0, 0.05) is 17.6 Å². The molecule has 0 amide bonds. The van der Waals surface area contributed by atoms with Crippen molar-refractivity contribution in [2.45, 2.75) is 6.54 Å². The van der Waals surface area contributed by atoms with Crippen LogP contribution in [-0.4, -0.2) is 7.11 Å². The number of halogens is 2. The fourth-order valence-electron chi connectivity index (χ4n) is 1.62. The van der Waals surface area contributed by atoms with E-state index in [1.165, 1.54) is 12.1 Å². The van der Waals surface area contributed by atoms with E-state index < -0.39 is 0 Å². The van der Waals surface area contributed by atoms with E-state index in [0.717, 1.165) is 5.56 Å². The zero-order valence-electron chi connectivity index (χ0n) is 9.91. The second-order valence-electron chi connectivity index (χ2n) is 3.82. The Morgan fingerprint density at radius 1 is 1.17 bits per heavy atom. The zero-order valence-corrected chi connectivity index (χ0v) is 10.7. The minimum atomic E-state index is -0.297. The Morgan fingerprint density at radius 2 is 1.89 bits per heavy atom. The van der Waals surface area contributed by atoms with Gasteiger partial charge in [-0.3, -0.25) is 0 Å². The van der Waals surface area contributed by atoms with Gasteiger partial charge in [0.25, 0.3) is 0 Å². The van der Waals surface area contributed by atoms with Crippen molar-refractivity contribution < 1.29 is 9.13 Å². The van der Waals surface area contributed by atoms with Gasteiger partial charge in [-0.2, -0.15) is 0 Å². The van der Waals surface area contributed by atoms with Crippen molar-refractivity contribution in [3.05, 3.63) is 58.9 Å². The fourth-order valence-corrected chi connectivity index (χ4v) is 1.74. The number of ether oxygens (including phenoxy) is 1. The van der Waals surface area contributed by atoms with Gasteiger partial charge in [-0.05, 0) is 29.8 Å². The lowest BCUT2D eigenvalue weighted by Gasteiger charge is -2.11. The lowest BCUT2D eigenvalue weighted by molar-refractivity contribution is 0.415. The lowest BCUT2D eigenvalue weighted by atomic mass is 10.2. The number of anilines is 1. The first-order valence-corrected chi connectivity index (χ1v) is 5.88. The molecule has 1 N–H and O–H groups in total. The van der Waals surface area contributed by atoms with Crippen LogP contribution < -0.4 is 10.1 Å². The highest BCUT2D eigenvalue weighted by Crippen LogP contribution is 2.25. The molecule has 0 radical (unpaired) electrons. The molecule has 94 valence electrons. The fraction of sp³-hybridized carbons (Fsp3) is 0.143. The summed E-state index contributed by atoms with van der Waals surface area (Å²) >= 11 is 5.81. The Labute approximate surface area is 110 Å². The van der Waals surface area contributed by atoms with Gasteiger partial charge in [-0.25, -0.2) is 4.39 Å². The molecular formula is C14H13ClFNO. The molecule has 0 aliphatic carbocycles. The van der Waals surface area contributed by atoms with Gasteiger partial charge in [0.2, 0.25) is 0 Å². The standard InChI is InChI=1S/C14H13ClFNO/c1-18-14-7-6-12(16)8-13(14)17-9-10-2-4-11(15)5-3-10/h2-8,17H,9H2,1H3. The van der Waals surface area contributed by atoms with Crippen molar-refractivity contribution in [3.63, 3.8) is 0 Å². The van der Waals surface area contributed by atoms with E-state index in [0.29, 0.717) is 23.0 Å². The Balaban J connectivity index is 2.09. The molecule has 0 saturated carbocycles. The SMILES string of the molecule is COc1ccc(F)cc1NCc1ccc(Cl)cc1. The van der Waals surface area contributed by atoms with Crippen LogP contribution >= 0.6 is 11.6 Å². The molecule has 0 aliphatic heterocycles. The number of hydrogen-bond donors (Lipinski definition) is 1. The summed E-state index contributed by atoms with van der Waals surface area (Å²) in [5, 5.41) is 3.83. The van der Waals surface area contributed by atoms with Crippen molar-refractivity contribution in [3.8, 4) is 5.75 Å². The maximum Gasteiger partial charge on any atom is 0.142 e. The Kier molecular flexibility index (Phi) is 4.05. The van der Waals surface area contributed by atoms with Crippen molar-refractivity contribution >= 4 is 17.3 Å². The van der Waals surface area contributed by atoms with Crippen LogP contribution in [0.5, 0.6) is 5.75 Å². The summed E-state index contributed by atoms with van der Waals surface area (Å²) in [6, 6.07) is 11.9. The van der Waals surface area contributed by atoms with Crippen LogP contribution in [-0.2, 0) is 6.54 Å². The summed E-state index contributed by atoms with van der Waals surface area (Å²) in [6.45, 7) is 0.580. The first-order valence-electron chi connectivity index (χ1n) is 5.51. The summed E-state index contributed by atoms with van der Waals surface area (Å²) in [4.78, 5) is 0. The number of hydrogen-bond acceptors (Lipinski definition) is 2. The second kappa shape index (κ2) is 5.74. The van der Waals surface area contributed by atoms with Gasteiger partial charge in [-0.15, -0.1) is 0 Å². The minimum Gasteiger partial charge on any atom is -0.495 e. The van der Waals surface area contributed by atoms with E-state index in [-0.39, 0.29) is 5.82 Å². The second-order valence-corrected chi connectivity index (χ2v) is 4.26. The first kappa shape index (κ1) is 12.7. The highest BCUT2D eigenvalue weighted by Gasteiger charge is 2.04. The molecule has 0 heterocycles. The predicted octanol–water partition coefficient (Wildman–Crippen LogP) is 4.10. The lowest BCUT2D eigenvalue weighted by Crippen LogP contribution is -2.01. The molecule has 0 saturated heterocycles. The molecule has 2 rings (SSSR count). The highest BCUT2D eigenvalue weighted by molar-refractivity contribution is 6.30. The summed E-state index contributed by atoms with van der Waals surface area (Å²) in [6.07, 6.45) is 0. The maximum atomic E-state index is 13.1.